The Kier molecular flexibility index (Phi) is 9.12. The molecular formula is C30H32Cl2F3N5O. The maximum absolute atomic E-state index is 13.0. The van der Waals surface area contributed by atoms with Gasteiger partial charge in [0.1, 0.15) is 5.84 Å². The molecule has 0 radical (unpaired) electrons. The Morgan fingerprint density at radius 2 is 1.56 bits per heavy atom. The second kappa shape index (κ2) is 12.6. The first kappa shape index (κ1) is 29.7. The number of aliphatic imine (C=N–C) groups is 1. The van der Waals surface area contributed by atoms with Crippen LogP contribution in [0.25, 0.3) is 11.1 Å². The predicted molar refractivity (Wildman–Crippen MR) is 154 cm³/mol. The number of carbonyl (C=O) groups is 1. The van der Waals surface area contributed by atoms with Crippen molar-refractivity contribution in [2.75, 3.05) is 32.7 Å². The van der Waals surface area contributed by atoms with E-state index in [4.69, 9.17) is 23.2 Å². The summed E-state index contributed by atoms with van der Waals surface area (Å²) in [6.45, 7) is 2.93. The summed E-state index contributed by atoms with van der Waals surface area (Å²) in [5, 5.41) is 14.9. The fraction of sp³-hybridized carbons (Fsp3) is 0.500. The minimum Gasteiger partial charge on any atom is -0.339 e. The van der Waals surface area contributed by atoms with Gasteiger partial charge < -0.3 is 4.90 Å². The number of benzene rings is 2. The topological polar surface area (TPSA) is 62.9 Å². The lowest BCUT2D eigenvalue weighted by atomic mass is 9.94. The Balaban J connectivity index is 1.26. The molecule has 3 aliphatic heterocycles. The molecular weight excluding hydrogens is 574 g/mol. The van der Waals surface area contributed by atoms with Crippen molar-refractivity contribution in [3.63, 3.8) is 0 Å². The molecule has 11 heteroatoms. The summed E-state index contributed by atoms with van der Waals surface area (Å²) in [6.07, 6.45) is 2.53. The average molecular weight is 607 g/mol. The quantitative estimate of drug-likeness (QED) is 0.338. The number of alkyl halides is 3. The third kappa shape index (κ3) is 6.66. The van der Waals surface area contributed by atoms with Gasteiger partial charge in [0.05, 0.1) is 5.92 Å². The van der Waals surface area contributed by atoms with Crippen molar-refractivity contribution in [1.29, 1.82) is 5.26 Å². The van der Waals surface area contributed by atoms with Crippen molar-refractivity contribution >= 4 is 34.9 Å². The van der Waals surface area contributed by atoms with E-state index in [9.17, 15) is 23.2 Å². The maximum Gasteiger partial charge on any atom is 0.391 e. The highest BCUT2D eigenvalue weighted by Crippen LogP contribution is 2.37. The van der Waals surface area contributed by atoms with Crippen LogP contribution in [0.15, 0.2) is 41.4 Å². The van der Waals surface area contributed by atoms with E-state index in [1.54, 1.807) is 24.3 Å². The SMILES string of the molecule is N#CN=C1C(Cc2c(Cl)cc(-c3ccc(C(=O)N4CCC(C(F)(F)F)CC4)cc3)cc2Cl)CCN1N1CCCCC1. The molecule has 6 nitrogen and oxygen atoms in total. The Morgan fingerprint density at radius 3 is 2.15 bits per heavy atom. The first-order valence-corrected chi connectivity index (χ1v) is 14.8. The highest BCUT2D eigenvalue weighted by molar-refractivity contribution is 6.36. The summed E-state index contributed by atoms with van der Waals surface area (Å²) in [4.78, 5) is 18.6. The van der Waals surface area contributed by atoms with E-state index in [2.05, 4.69) is 15.0 Å². The van der Waals surface area contributed by atoms with Gasteiger partial charge in [-0.05, 0) is 79.5 Å². The second-order valence-corrected chi connectivity index (χ2v) is 11.8. The number of piperidine rings is 2. The van der Waals surface area contributed by atoms with E-state index in [0.717, 1.165) is 61.4 Å². The molecule has 0 N–H and O–H groups in total. The van der Waals surface area contributed by atoms with E-state index in [1.807, 2.05) is 18.3 Å². The second-order valence-electron chi connectivity index (χ2n) is 11.0. The van der Waals surface area contributed by atoms with E-state index >= 15 is 0 Å². The average Bonchev–Trinajstić information content (AvgIpc) is 3.37. The normalized spacial score (nSPS) is 21.9. The molecule has 41 heavy (non-hydrogen) atoms. The summed E-state index contributed by atoms with van der Waals surface area (Å²) in [6, 6.07) is 10.6. The zero-order chi connectivity index (χ0) is 29.1. The zero-order valence-electron chi connectivity index (χ0n) is 22.6. The zero-order valence-corrected chi connectivity index (χ0v) is 24.2. The van der Waals surface area contributed by atoms with E-state index in [1.165, 1.54) is 11.3 Å². The predicted octanol–water partition coefficient (Wildman–Crippen LogP) is 7.22. The van der Waals surface area contributed by atoms with Crippen LogP contribution in [0, 0.1) is 23.3 Å². The summed E-state index contributed by atoms with van der Waals surface area (Å²) in [5.74, 6) is -0.815. The molecule has 3 fully saturated rings. The molecule has 3 heterocycles. The van der Waals surface area contributed by atoms with Crippen LogP contribution in [-0.4, -0.2) is 65.6 Å². The first-order chi connectivity index (χ1) is 19.7. The van der Waals surface area contributed by atoms with Crippen LogP contribution in [-0.2, 0) is 6.42 Å². The van der Waals surface area contributed by atoms with Crippen LogP contribution in [0.1, 0.15) is 54.4 Å². The van der Waals surface area contributed by atoms with Crippen LogP contribution in [0.4, 0.5) is 13.2 Å². The van der Waals surface area contributed by atoms with Crippen LogP contribution in [0.5, 0.6) is 0 Å². The third-order valence-corrected chi connectivity index (χ3v) is 9.13. The highest BCUT2D eigenvalue weighted by Gasteiger charge is 2.42. The fourth-order valence-corrected chi connectivity index (χ4v) is 6.78. The van der Waals surface area contributed by atoms with Gasteiger partial charge in [-0.1, -0.05) is 41.8 Å². The fourth-order valence-electron chi connectivity index (χ4n) is 6.14. The highest BCUT2D eigenvalue weighted by atomic mass is 35.5. The van der Waals surface area contributed by atoms with Gasteiger partial charge >= 0.3 is 6.18 Å². The molecule has 5 rings (SSSR count). The summed E-state index contributed by atoms with van der Waals surface area (Å²) in [7, 11) is 0. The van der Waals surface area contributed by atoms with Crippen molar-refractivity contribution in [3.05, 3.63) is 57.6 Å². The summed E-state index contributed by atoms with van der Waals surface area (Å²) >= 11 is 13.5. The number of nitrogens with zero attached hydrogens (tertiary/aromatic N) is 5. The largest absolute Gasteiger partial charge is 0.391 e. The van der Waals surface area contributed by atoms with Gasteiger partial charge in [-0.3, -0.25) is 9.80 Å². The molecule has 1 amide bonds. The summed E-state index contributed by atoms with van der Waals surface area (Å²) < 4.78 is 38.9. The van der Waals surface area contributed by atoms with Crippen LogP contribution in [0.3, 0.4) is 0 Å². The molecule has 3 aliphatic rings. The number of amidine groups is 1. The van der Waals surface area contributed by atoms with Crippen molar-refractivity contribution in [3.8, 4) is 17.3 Å². The number of hydrogen-bond acceptors (Lipinski definition) is 4. The summed E-state index contributed by atoms with van der Waals surface area (Å²) in [5.41, 5.74) is 2.84. The van der Waals surface area contributed by atoms with E-state index in [-0.39, 0.29) is 37.8 Å². The number of nitriles is 1. The van der Waals surface area contributed by atoms with Gasteiger partial charge in [-0.15, -0.1) is 0 Å². The van der Waals surface area contributed by atoms with Crippen LogP contribution < -0.4 is 0 Å². The van der Waals surface area contributed by atoms with Gasteiger partial charge in [0.15, 0.2) is 0 Å². The van der Waals surface area contributed by atoms with E-state index < -0.39 is 12.1 Å². The van der Waals surface area contributed by atoms with Crippen molar-refractivity contribution in [2.24, 2.45) is 16.8 Å². The van der Waals surface area contributed by atoms with Gasteiger partial charge in [-0.2, -0.15) is 23.4 Å². The Hall–Kier alpha value is -2.80. The Bertz CT molecular complexity index is 1300. The molecule has 2 aromatic rings. The van der Waals surface area contributed by atoms with E-state index in [0.29, 0.717) is 22.0 Å². The Labute approximate surface area is 248 Å². The third-order valence-electron chi connectivity index (χ3n) is 8.46. The smallest absolute Gasteiger partial charge is 0.339 e. The molecule has 0 bridgehead atoms. The molecule has 1 unspecified atom stereocenters. The number of carbonyl (C=O) groups excluding carboxylic acids is 1. The number of hydrazine groups is 1. The van der Waals surface area contributed by atoms with Crippen molar-refractivity contribution in [2.45, 2.75) is 51.1 Å². The van der Waals surface area contributed by atoms with Gasteiger partial charge in [0.25, 0.3) is 5.91 Å². The molecule has 218 valence electrons. The number of likely N-dealkylation sites (tertiary alicyclic amines) is 1. The number of amides is 1. The molecule has 0 aromatic heterocycles. The van der Waals surface area contributed by atoms with Crippen molar-refractivity contribution < 1.29 is 18.0 Å². The molecule has 0 saturated carbocycles. The Morgan fingerprint density at radius 1 is 0.927 bits per heavy atom. The molecule has 3 saturated heterocycles. The monoisotopic (exact) mass is 605 g/mol. The minimum atomic E-state index is -4.22. The molecule has 2 aromatic carbocycles. The lowest BCUT2D eigenvalue weighted by molar-refractivity contribution is -0.183. The van der Waals surface area contributed by atoms with Crippen LogP contribution >= 0.6 is 23.2 Å². The maximum atomic E-state index is 13.0. The van der Waals surface area contributed by atoms with Gasteiger partial charge in [0, 0.05) is 54.3 Å². The number of rotatable bonds is 5. The lowest BCUT2D eigenvalue weighted by Crippen LogP contribution is -2.47. The van der Waals surface area contributed by atoms with Crippen molar-refractivity contribution in [1.82, 2.24) is 14.9 Å². The molecule has 0 aliphatic carbocycles. The lowest BCUT2D eigenvalue weighted by Gasteiger charge is -2.36. The van der Waals surface area contributed by atoms with Gasteiger partial charge in [0.2, 0.25) is 6.19 Å². The molecule has 1 atom stereocenters. The molecule has 0 spiro atoms. The van der Waals surface area contributed by atoms with Gasteiger partial charge in [-0.25, -0.2) is 5.01 Å². The van der Waals surface area contributed by atoms with Crippen LogP contribution in [0.2, 0.25) is 10.0 Å². The standard InChI is InChI=1S/C30H32Cl2F3N5O/c31-26-17-23(20-4-6-21(7-5-20)29(41)38-13-9-24(10-14-38)30(33,34)35)18-27(32)25(26)16-22-8-15-40(28(22)37-19-36)39-11-2-1-3-12-39/h4-7,17-18,22,24H,1-3,8-16H2. The number of halogens is 5. The first-order valence-electron chi connectivity index (χ1n) is 14.1. The minimum absolute atomic E-state index is 0.0314. The number of hydrogen-bond donors (Lipinski definition) is 0.